The minimum Gasteiger partial charge on any atom is -0.484 e. The van der Waals surface area contributed by atoms with Crippen LogP contribution in [-0.4, -0.2) is 25.2 Å². The van der Waals surface area contributed by atoms with Gasteiger partial charge in [0, 0.05) is 31.7 Å². The maximum Gasteiger partial charge on any atom is 0.422 e. The van der Waals surface area contributed by atoms with E-state index in [4.69, 9.17) is 4.74 Å². The highest BCUT2D eigenvalue weighted by molar-refractivity contribution is 5.95. The molecule has 0 radical (unpaired) electrons. The summed E-state index contributed by atoms with van der Waals surface area (Å²) in [7, 11) is 0. The number of halogens is 3. The molecule has 1 aliphatic rings. The average molecular weight is 378 g/mol. The van der Waals surface area contributed by atoms with Gasteiger partial charge in [0.25, 0.3) is 0 Å². The van der Waals surface area contributed by atoms with Crippen LogP contribution in [0.1, 0.15) is 24.0 Å². The number of nitrogens with zero attached hydrogens (tertiary/aromatic N) is 1. The van der Waals surface area contributed by atoms with E-state index in [1.807, 2.05) is 30.3 Å². The maximum atomic E-state index is 12.2. The summed E-state index contributed by atoms with van der Waals surface area (Å²) in [4.78, 5) is 13.6. The first-order chi connectivity index (χ1) is 12.9. The number of carbonyl (C=O) groups excluding carboxylic acids is 1. The zero-order valence-electron chi connectivity index (χ0n) is 14.8. The second-order valence-corrected chi connectivity index (χ2v) is 6.47. The van der Waals surface area contributed by atoms with Crippen LogP contribution in [0.15, 0.2) is 48.5 Å². The van der Waals surface area contributed by atoms with Crippen LogP contribution in [0.5, 0.6) is 5.75 Å². The van der Waals surface area contributed by atoms with Crippen molar-refractivity contribution < 1.29 is 22.7 Å². The number of benzene rings is 2. The Morgan fingerprint density at radius 2 is 1.78 bits per heavy atom. The Kier molecular flexibility index (Phi) is 6.01. The van der Waals surface area contributed by atoms with Gasteiger partial charge in [-0.2, -0.15) is 13.2 Å². The van der Waals surface area contributed by atoms with Crippen molar-refractivity contribution in [1.29, 1.82) is 0 Å². The molecule has 2 aromatic rings. The van der Waals surface area contributed by atoms with Crippen LogP contribution >= 0.6 is 0 Å². The molecule has 1 saturated heterocycles. The largest absolute Gasteiger partial charge is 0.484 e. The van der Waals surface area contributed by atoms with Crippen molar-refractivity contribution in [3.63, 3.8) is 0 Å². The molecule has 0 saturated carbocycles. The summed E-state index contributed by atoms with van der Waals surface area (Å²) >= 11 is 0. The molecule has 7 heteroatoms. The van der Waals surface area contributed by atoms with Crippen LogP contribution in [0.4, 0.5) is 18.9 Å². The van der Waals surface area contributed by atoms with Crippen molar-refractivity contribution in [2.75, 3.05) is 18.1 Å². The summed E-state index contributed by atoms with van der Waals surface area (Å²) in [5.41, 5.74) is 2.82. The normalized spacial score (nSPS) is 14.6. The minimum atomic E-state index is -4.35. The van der Waals surface area contributed by atoms with Crippen molar-refractivity contribution in [2.45, 2.75) is 32.1 Å². The second-order valence-electron chi connectivity index (χ2n) is 6.47. The molecule has 4 nitrogen and oxygen atoms in total. The van der Waals surface area contributed by atoms with E-state index >= 15 is 0 Å². The van der Waals surface area contributed by atoms with Gasteiger partial charge in [-0.1, -0.05) is 24.3 Å². The van der Waals surface area contributed by atoms with Gasteiger partial charge in [-0.3, -0.25) is 4.79 Å². The van der Waals surface area contributed by atoms with E-state index in [9.17, 15) is 18.0 Å². The molecule has 1 heterocycles. The highest BCUT2D eigenvalue weighted by Gasteiger charge is 2.28. The average Bonchev–Trinajstić information content (AvgIpc) is 3.06. The number of alkyl halides is 3. The lowest BCUT2D eigenvalue weighted by Gasteiger charge is -2.16. The molecule has 2 aromatic carbocycles. The Hall–Kier alpha value is -2.54. The quantitative estimate of drug-likeness (QED) is 0.791. The summed E-state index contributed by atoms with van der Waals surface area (Å²) in [6, 6.07) is 14.4. The summed E-state index contributed by atoms with van der Waals surface area (Å²) < 4.78 is 41.4. The molecule has 0 aromatic heterocycles. The van der Waals surface area contributed by atoms with Crippen molar-refractivity contribution >= 4 is 11.6 Å². The summed E-state index contributed by atoms with van der Waals surface area (Å²) in [5, 5.41) is 3.26. The molecule has 0 atom stereocenters. The number of carbonyl (C=O) groups is 1. The van der Waals surface area contributed by atoms with E-state index < -0.39 is 12.8 Å². The molecule has 27 heavy (non-hydrogen) atoms. The van der Waals surface area contributed by atoms with E-state index in [-0.39, 0.29) is 11.7 Å². The summed E-state index contributed by atoms with van der Waals surface area (Å²) in [6.07, 6.45) is -2.84. The van der Waals surface area contributed by atoms with Gasteiger partial charge in [-0.25, -0.2) is 0 Å². The van der Waals surface area contributed by atoms with Gasteiger partial charge in [0.1, 0.15) is 5.75 Å². The molecule has 1 aliphatic heterocycles. The third-order valence-electron chi connectivity index (χ3n) is 4.28. The fourth-order valence-corrected chi connectivity index (χ4v) is 2.98. The predicted octanol–water partition coefficient (Wildman–Crippen LogP) is 4.04. The first kappa shape index (κ1) is 19.2. The van der Waals surface area contributed by atoms with Gasteiger partial charge in [-0.15, -0.1) is 0 Å². The van der Waals surface area contributed by atoms with Crippen LogP contribution in [0.25, 0.3) is 0 Å². The first-order valence-electron chi connectivity index (χ1n) is 8.79. The molecule has 1 fully saturated rings. The lowest BCUT2D eigenvalue weighted by Crippen LogP contribution is -2.23. The lowest BCUT2D eigenvalue weighted by atomic mass is 10.1. The lowest BCUT2D eigenvalue weighted by molar-refractivity contribution is -0.153. The molecular weight excluding hydrogens is 357 g/mol. The van der Waals surface area contributed by atoms with E-state index in [1.54, 1.807) is 17.0 Å². The van der Waals surface area contributed by atoms with Crippen LogP contribution < -0.4 is 15.0 Å². The van der Waals surface area contributed by atoms with E-state index in [1.165, 1.54) is 6.07 Å². The van der Waals surface area contributed by atoms with Crippen molar-refractivity contribution in [3.8, 4) is 5.75 Å². The van der Waals surface area contributed by atoms with Gasteiger partial charge in [-0.05, 0) is 41.8 Å². The molecule has 0 unspecified atom stereocenters. The highest BCUT2D eigenvalue weighted by Crippen LogP contribution is 2.22. The molecule has 0 spiro atoms. The van der Waals surface area contributed by atoms with Gasteiger partial charge >= 0.3 is 6.18 Å². The minimum absolute atomic E-state index is 0.161. The Bertz CT molecular complexity index is 776. The molecule has 0 bridgehead atoms. The van der Waals surface area contributed by atoms with Gasteiger partial charge in [0.15, 0.2) is 6.61 Å². The molecule has 1 amide bonds. The first-order valence-corrected chi connectivity index (χ1v) is 8.79. The molecule has 1 N–H and O–H groups in total. The van der Waals surface area contributed by atoms with Crippen molar-refractivity contribution in [2.24, 2.45) is 0 Å². The molecular formula is C20H21F3N2O2. The number of hydrogen-bond acceptors (Lipinski definition) is 3. The van der Waals surface area contributed by atoms with Crippen LogP contribution in [0.2, 0.25) is 0 Å². The fraction of sp³-hybridized carbons (Fsp3) is 0.350. The summed E-state index contributed by atoms with van der Waals surface area (Å²) in [5.74, 6) is 0.361. The standard InChI is InChI=1S/C20H21F3N2O2/c21-20(22,23)14-27-18-4-1-3-16(11-18)13-24-12-15-6-8-17(9-7-15)25-10-2-5-19(25)26/h1,3-4,6-9,11,24H,2,5,10,12-14H2. The second kappa shape index (κ2) is 8.43. The van der Waals surface area contributed by atoms with Crippen molar-refractivity contribution in [3.05, 3.63) is 59.7 Å². The van der Waals surface area contributed by atoms with Crippen LogP contribution in [0, 0.1) is 0 Å². The highest BCUT2D eigenvalue weighted by atomic mass is 19.4. The van der Waals surface area contributed by atoms with Crippen LogP contribution in [0.3, 0.4) is 0 Å². The maximum absolute atomic E-state index is 12.2. The number of rotatable bonds is 7. The van der Waals surface area contributed by atoms with Crippen molar-refractivity contribution in [1.82, 2.24) is 5.32 Å². The summed E-state index contributed by atoms with van der Waals surface area (Å²) in [6.45, 7) is 0.594. The Morgan fingerprint density at radius 3 is 2.44 bits per heavy atom. The zero-order chi connectivity index (χ0) is 19.3. The molecule has 3 rings (SSSR count). The molecule has 0 aliphatic carbocycles. The number of anilines is 1. The number of nitrogens with one attached hydrogen (secondary N) is 1. The van der Waals surface area contributed by atoms with Crippen LogP contribution in [-0.2, 0) is 17.9 Å². The number of ether oxygens (including phenoxy) is 1. The Labute approximate surface area is 155 Å². The number of hydrogen-bond donors (Lipinski definition) is 1. The van der Waals surface area contributed by atoms with Gasteiger partial charge < -0.3 is 15.0 Å². The Balaban J connectivity index is 1.49. The predicted molar refractivity (Wildman–Crippen MR) is 96.6 cm³/mol. The van der Waals surface area contributed by atoms with Gasteiger partial charge in [0.05, 0.1) is 0 Å². The van der Waals surface area contributed by atoms with E-state index in [0.29, 0.717) is 19.5 Å². The fourth-order valence-electron chi connectivity index (χ4n) is 2.98. The third-order valence-corrected chi connectivity index (χ3v) is 4.28. The number of amides is 1. The van der Waals surface area contributed by atoms with Gasteiger partial charge in [0.2, 0.25) is 5.91 Å². The smallest absolute Gasteiger partial charge is 0.422 e. The molecule has 144 valence electrons. The SMILES string of the molecule is O=C1CCCN1c1ccc(CNCc2cccc(OCC(F)(F)F)c2)cc1. The monoisotopic (exact) mass is 378 g/mol. The van der Waals surface area contributed by atoms with E-state index in [2.05, 4.69) is 5.32 Å². The third kappa shape index (κ3) is 5.72. The Morgan fingerprint density at radius 1 is 1.04 bits per heavy atom. The topological polar surface area (TPSA) is 41.6 Å². The van der Waals surface area contributed by atoms with E-state index in [0.717, 1.165) is 29.8 Å². The zero-order valence-corrected chi connectivity index (χ0v) is 14.8.